The number of nitrogens with one attached hydrogen (secondary N) is 1. The average molecular weight is 379 g/mol. The van der Waals surface area contributed by atoms with Gasteiger partial charge in [0.25, 0.3) is 5.91 Å². The predicted octanol–water partition coefficient (Wildman–Crippen LogP) is 4.12. The Labute approximate surface area is 163 Å². The summed E-state index contributed by atoms with van der Waals surface area (Å²) in [5, 5.41) is 8.10. The molecule has 1 unspecified atom stereocenters. The summed E-state index contributed by atoms with van der Waals surface area (Å²) in [6.45, 7) is 1.57. The van der Waals surface area contributed by atoms with Crippen molar-refractivity contribution >= 4 is 17.7 Å². The molecule has 3 aromatic rings. The van der Waals surface area contributed by atoms with Crippen LogP contribution in [0.15, 0.2) is 66.0 Å². The van der Waals surface area contributed by atoms with Crippen LogP contribution < -0.4 is 0 Å². The highest BCUT2D eigenvalue weighted by atomic mass is 32.2. The monoisotopic (exact) mass is 378 g/mol. The number of thioether (sulfide) groups is 1. The Bertz CT molecular complexity index is 865. The SMILES string of the molecule is O=C(c1ccc(CSc2ccccn2)cc1)N1CCCC(c2ccn[nH]2)C1. The molecule has 1 amide bonds. The molecule has 0 bridgehead atoms. The van der Waals surface area contributed by atoms with Gasteiger partial charge in [-0.2, -0.15) is 5.10 Å². The van der Waals surface area contributed by atoms with Crippen LogP contribution in [-0.4, -0.2) is 39.1 Å². The van der Waals surface area contributed by atoms with Crippen molar-refractivity contribution in [2.45, 2.75) is 29.5 Å². The third kappa shape index (κ3) is 4.39. The Morgan fingerprint density at radius 2 is 2.04 bits per heavy atom. The van der Waals surface area contributed by atoms with Crippen molar-refractivity contribution in [1.29, 1.82) is 0 Å². The molecule has 27 heavy (non-hydrogen) atoms. The molecule has 5 nitrogen and oxygen atoms in total. The van der Waals surface area contributed by atoms with Crippen LogP contribution in [-0.2, 0) is 5.75 Å². The zero-order valence-corrected chi connectivity index (χ0v) is 15.9. The van der Waals surface area contributed by atoms with Crippen LogP contribution in [0, 0.1) is 0 Å². The van der Waals surface area contributed by atoms with E-state index in [0.29, 0.717) is 5.92 Å². The first kappa shape index (κ1) is 17.8. The second-order valence-corrected chi connectivity index (χ2v) is 7.75. The maximum absolute atomic E-state index is 12.9. The van der Waals surface area contributed by atoms with Gasteiger partial charge in [-0.1, -0.05) is 18.2 Å². The number of benzene rings is 1. The molecule has 1 aromatic carbocycles. The Morgan fingerprint density at radius 1 is 1.15 bits per heavy atom. The average Bonchev–Trinajstić information content (AvgIpc) is 3.28. The summed E-state index contributed by atoms with van der Waals surface area (Å²) >= 11 is 1.70. The van der Waals surface area contributed by atoms with Gasteiger partial charge in [-0.3, -0.25) is 9.89 Å². The minimum atomic E-state index is 0.114. The second-order valence-electron chi connectivity index (χ2n) is 6.76. The van der Waals surface area contributed by atoms with Crippen LogP contribution in [0.3, 0.4) is 0 Å². The molecule has 1 fully saturated rings. The number of rotatable bonds is 5. The zero-order valence-electron chi connectivity index (χ0n) is 15.0. The maximum atomic E-state index is 12.9. The molecule has 4 rings (SSSR count). The van der Waals surface area contributed by atoms with Gasteiger partial charge in [0.1, 0.15) is 0 Å². The summed E-state index contributed by atoms with van der Waals surface area (Å²) in [5.41, 5.74) is 3.07. The van der Waals surface area contributed by atoms with E-state index in [9.17, 15) is 4.79 Å². The largest absolute Gasteiger partial charge is 0.338 e. The van der Waals surface area contributed by atoms with Gasteiger partial charge in [0, 0.05) is 48.4 Å². The molecule has 1 aliphatic heterocycles. The van der Waals surface area contributed by atoms with E-state index in [2.05, 4.69) is 15.2 Å². The molecule has 6 heteroatoms. The lowest BCUT2D eigenvalue weighted by Gasteiger charge is -2.32. The van der Waals surface area contributed by atoms with Gasteiger partial charge >= 0.3 is 0 Å². The van der Waals surface area contributed by atoms with Crippen molar-refractivity contribution in [1.82, 2.24) is 20.1 Å². The summed E-state index contributed by atoms with van der Waals surface area (Å²) in [6, 6.07) is 15.9. The number of aromatic nitrogens is 3. The van der Waals surface area contributed by atoms with Crippen LogP contribution in [0.2, 0.25) is 0 Å². The molecule has 0 saturated carbocycles. The first-order chi connectivity index (χ1) is 13.3. The van der Waals surface area contributed by atoms with Gasteiger partial charge in [0.05, 0.1) is 5.03 Å². The van der Waals surface area contributed by atoms with Crippen molar-refractivity contribution in [2.75, 3.05) is 13.1 Å². The predicted molar refractivity (Wildman–Crippen MR) is 107 cm³/mol. The van der Waals surface area contributed by atoms with E-state index in [4.69, 9.17) is 0 Å². The number of nitrogens with zero attached hydrogens (tertiary/aromatic N) is 3. The Kier molecular flexibility index (Phi) is 5.53. The quantitative estimate of drug-likeness (QED) is 0.679. The molecule has 2 aromatic heterocycles. The van der Waals surface area contributed by atoms with Gasteiger partial charge in [-0.15, -0.1) is 11.8 Å². The van der Waals surface area contributed by atoms with Crippen molar-refractivity contribution in [3.8, 4) is 0 Å². The van der Waals surface area contributed by atoms with Crippen molar-refractivity contribution in [3.63, 3.8) is 0 Å². The molecule has 1 N–H and O–H groups in total. The topological polar surface area (TPSA) is 61.9 Å². The second kappa shape index (κ2) is 8.39. The van der Waals surface area contributed by atoms with E-state index < -0.39 is 0 Å². The molecule has 1 aliphatic rings. The number of pyridine rings is 1. The highest BCUT2D eigenvalue weighted by Crippen LogP contribution is 2.26. The van der Waals surface area contributed by atoms with E-state index in [0.717, 1.165) is 48.0 Å². The highest BCUT2D eigenvalue weighted by Gasteiger charge is 2.26. The van der Waals surface area contributed by atoms with Crippen molar-refractivity contribution in [3.05, 3.63) is 77.7 Å². The number of carbonyl (C=O) groups is 1. The first-order valence-electron chi connectivity index (χ1n) is 9.21. The zero-order chi connectivity index (χ0) is 18.5. The van der Waals surface area contributed by atoms with E-state index in [1.165, 1.54) is 5.56 Å². The van der Waals surface area contributed by atoms with Gasteiger partial charge in [-0.25, -0.2) is 4.98 Å². The first-order valence-corrected chi connectivity index (χ1v) is 10.2. The lowest BCUT2D eigenvalue weighted by molar-refractivity contribution is 0.0706. The Morgan fingerprint density at radius 3 is 2.78 bits per heavy atom. The van der Waals surface area contributed by atoms with Gasteiger partial charge < -0.3 is 4.90 Å². The van der Waals surface area contributed by atoms with E-state index >= 15 is 0 Å². The number of hydrogen-bond acceptors (Lipinski definition) is 4. The van der Waals surface area contributed by atoms with Crippen molar-refractivity contribution in [2.24, 2.45) is 0 Å². The number of aromatic amines is 1. The molecule has 1 saturated heterocycles. The van der Waals surface area contributed by atoms with Gasteiger partial charge in [0.15, 0.2) is 0 Å². The van der Waals surface area contributed by atoms with Gasteiger partial charge in [0.2, 0.25) is 0 Å². The number of piperidine rings is 1. The normalized spacial score (nSPS) is 17.0. The lowest BCUT2D eigenvalue weighted by Crippen LogP contribution is -2.39. The number of H-pyrrole nitrogens is 1. The molecule has 138 valence electrons. The number of hydrogen-bond donors (Lipinski definition) is 1. The minimum Gasteiger partial charge on any atom is -0.338 e. The summed E-state index contributed by atoms with van der Waals surface area (Å²) in [6.07, 6.45) is 5.70. The molecule has 1 atom stereocenters. The number of amides is 1. The summed E-state index contributed by atoms with van der Waals surface area (Å²) in [7, 11) is 0. The highest BCUT2D eigenvalue weighted by molar-refractivity contribution is 7.98. The van der Waals surface area contributed by atoms with Crippen LogP contribution in [0.1, 0.15) is 40.4 Å². The Hall–Kier alpha value is -2.60. The van der Waals surface area contributed by atoms with Crippen molar-refractivity contribution < 1.29 is 4.79 Å². The van der Waals surface area contributed by atoms with Crippen LogP contribution in [0.5, 0.6) is 0 Å². The number of carbonyl (C=O) groups excluding carboxylic acids is 1. The molecule has 0 aliphatic carbocycles. The van der Waals surface area contributed by atoms with Crippen LogP contribution in [0.25, 0.3) is 0 Å². The third-order valence-electron chi connectivity index (χ3n) is 4.90. The molecular formula is C21H22N4OS. The summed E-state index contributed by atoms with van der Waals surface area (Å²) < 4.78 is 0. The fraction of sp³-hybridized carbons (Fsp3) is 0.286. The fourth-order valence-electron chi connectivity index (χ4n) is 3.43. The Balaban J connectivity index is 1.37. The van der Waals surface area contributed by atoms with Crippen LogP contribution >= 0.6 is 11.8 Å². The van der Waals surface area contributed by atoms with E-state index in [1.807, 2.05) is 53.4 Å². The fourth-order valence-corrected chi connectivity index (χ4v) is 4.24. The molecular weight excluding hydrogens is 356 g/mol. The van der Waals surface area contributed by atoms with Crippen LogP contribution in [0.4, 0.5) is 0 Å². The minimum absolute atomic E-state index is 0.114. The smallest absolute Gasteiger partial charge is 0.253 e. The summed E-state index contributed by atoms with van der Waals surface area (Å²) in [5.74, 6) is 1.30. The third-order valence-corrected chi connectivity index (χ3v) is 5.91. The van der Waals surface area contributed by atoms with E-state index in [1.54, 1.807) is 24.2 Å². The lowest BCUT2D eigenvalue weighted by atomic mass is 9.94. The van der Waals surface area contributed by atoms with Gasteiger partial charge in [-0.05, 0) is 48.7 Å². The molecule has 3 heterocycles. The maximum Gasteiger partial charge on any atom is 0.253 e. The standard InChI is InChI=1S/C21H22N4OS/c26-21(25-13-3-4-18(14-25)19-10-12-23-24-19)17-8-6-16(7-9-17)15-27-20-5-1-2-11-22-20/h1-2,5-12,18H,3-4,13-15H2,(H,23,24). The number of likely N-dealkylation sites (tertiary alicyclic amines) is 1. The summed E-state index contributed by atoms with van der Waals surface area (Å²) in [4.78, 5) is 19.2. The van der Waals surface area contributed by atoms with E-state index in [-0.39, 0.29) is 5.91 Å². The molecule has 0 spiro atoms. The molecule has 0 radical (unpaired) electrons.